The second kappa shape index (κ2) is 44.2. The molecule has 4 unspecified atom stereocenters. The van der Waals surface area contributed by atoms with E-state index in [4.69, 9.17) is 48.8 Å². The molecule has 20 nitrogen and oxygen atoms in total. The summed E-state index contributed by atoms with van der Waals surface area (Å²) in [5.41, 5.74) is 14.8. The Balaban J connectivity index is 0.000000216. The van der Waals surface area contributed by atoms with Crippen molar-refractivity contribution >= 4 is 103 Å². The highest BCUT2D eigenvalue weighted by Crippen LogP contribution is 2.33. The van der Waals surface area contributed by atoms with Crippen molar-refractivity contribution in [3.8, 4) is 23.0 Å². The molecule has 0 saturated heterocycles. The van der Waals surface area contributed by atoms with E-state index in [1.54, 1.807) is 40.6 Å². The maximum absolute atomic E-state index is 11.0. The summed E-state index contributed by atoms with van der Waals surface area (Å²) in [6.45, 7) is 19.5. The van der Waals surface area contributed by atoms with Crippen molar-refractivity contribution in [3.05, 3.63) is 326 Å². The summed E-state index contributed by atoms with van der Waals surface area (Å²) in [4.78, 5) is 4.34. The largest absolute Gasteiger partial charge is 0.491 e. The zero-order valence-corrected chi connectivity index (χ0v) is 71.1. The Labute approximate surface area is 717 Å². The van der Waals surface area contributed by atoms with Crippen LogP contribution in [0.4, 0.5) is 34.1 Å². The Morgan fingerprint density at radius 1 is 0.295 bits per heavy atom. The van der Waals surface area contributed by atoms with Crippen molar-refractivity contribution < 1.29 is 38.6 Å². The molecule has 0 radical (unpaired) electrons. The van der Waals surface area contributed by atoms with E-state index < -0.39 is 12.2 Å². The molecule has 2 aromatic heterocycles. The minimum absolute atomic E-state index is 0.0467. The number of aromatic nitrogens is 2. The van der Waals surface area contributed by atoms with Crippen LogP contribution in [-0.2, 0) is 22.6 Å². The van der Waals surface area contributed by atoms with Gasteiger partial charge in [-0.2, -0.15) is 20.4 Å². The zero-order valence-electron chi connectivity index (χ0n) is 71.1. The highest BCUT2D eigenvalue weighted by atomic mass is 16.5. The summed E-state index contributed by atoms with van der Waals surface area (Å²) >= 11 is 0. The first-order chi connectivity index (χ1) is 59.8. The van der Waals surface area contributed by atoms with E-state index in [0.29, 0.717) is 62.5 Å². The number of benzene rings is 12. The van der Waals surface area contributed by atoms with E-state index in [1.165, 1.54) is 43.6 Å². The zero-order chi connectivity index (χ0) is 84.8. The average molecular weight is 1630 g/mol. The van der Waals surface area contributed by atoms with E-state index in [9.17, 15) is 10.2 Å². The van der Waals surface area contributed by atoms with Crippen molar-refractivity contribution in [2.24, 2.45) is 20.4 Å². The standard InChI is InChI=1S/C58H60N6O4.C44H52N6O4/c1-5-61-55-28-17-15-26-51(55)53-34-43(30-32-57(53)61)37-59-63(45-20-11-9-12-21-45)39-49(65-7-3)41-67-47-24-19-25-48(36-47)68-42-50(66-8-4)40-64(46-22-13-10-14-23-46)60-38-44-31-33-58-54(35-44)52-27-16-18-29-56(52)62(58)6-2;1-5-47(3)37-24-20-35(21-25-37)29-45-49(39-14-9-7-10-15-39)31-41(51)33-53-43-18-13-19-44(28-43)54-34-42(52)32-50(40-16-11-8-12-17-40)46-30-36-22-26-38(27-23-36)48(4)6-2/h9-38,49-50H,5-8,39-42H2,1-4H3;7-30,41-42,51-52H,5-6,31-34H2,1-4H3/b59-37-,60-38-;45-29-,46-30-. The summed E-state index contributed by atoms with van der Waals surface area (Å²) in [7, 11) is 4.12. The van der Waals surface area contributed by atoms with Crippen LogP contribution in [0.5, 0.6) is 23.0 Å². The van der Waals surface area contributed by atoms with Crippen molar-refractivity contribution in [3.63, 3.8) is 0 Å². The molecule has 0 aliphatic carbocycles. The minimum atomic E-state index is -0.838. The Morgan fingerprint density at radius 3 is 0.918 bits per heavy atom. The first-order valence-corrected chi connectivity index (χ1v) is 42.3. The van der Waals surface area contributed by atoms with E-state index in [2.05, 4.69) is 194 Å². The number of fused-ring (bicyclic) bond motifs is 6. The van der Waals surface area contributed by atoms with Crippen molar-refractivity contribution in [1.82, 2.24) is 9.13 Å². The number of aliphatic hydroxyl groups excluding tert-OH is 2. The third-order valence-electron chi connectivity index (χ3n) is 21.1. The molecule has 0 saturated carbocycles. The highest BCUT2D eigenvalue weighted by Gasteiger charge is 2.22. The van der Waals surface area contributed by atoms with Crippen molar-refractivity contribution in [1.29, 1.82) is 0 Å². The topological polar surface area (TPSA) is 175 Å². The molecular formula is C102H112N12O8. The van der Waals surface area contributed by atoms with Crippen LogP contribution >= 0.6 is 0 Å². The van der Waals surface area contributed by atoms with Crippen molar-refractivity contribution in [2.75, 3.05) is 123 Å². The lowest BCUT2D eigenvalue weighted by atomic mass is 10.1. The molecule has 0 fully saturated rings. The first-order valence-electron chi connectivity index (χ1n) is 42.3. The number of aryl methyl sites for hydroxylation is 2. The van der Waals surface area contributed by atoms with Gasteiger partial charge in [-0.25, -0.2) is 0 Å². The van der Waals surface area contributed by atoms with Crippen LogP contribution in [0.3, 0.4) is 0 Å². The molecule has 20 heteroatoms. The van der Waals surface area contributed by atoms with Gasteiger partial charge in [0.15, 0.2) is 0 Å². The fourth-order valence-electron chi connectivity index (χ4n) is 14.5. The van der Waals surface area contributed by atoms with Crippen LogP contribution < -0.4 is 48.8 Å². The van der Waals surface area contributed by atoms with Gasteiger partial charge in [0.2, 0.25) is 0 Å². The van der Waals surface area contributed by atoms with Gasteiger partial charge in [-0.15, -0.1) is 0 Å². The molecule has 0 amide bonds. The summed E-state index contributed by atoms with van der Waals surface area (Å²) in [5, 5.41) is 54.0. The molecule has 14 rings (SSSR count). The summed E-state index contributed by atoms with van der Waals surface area (Å²) in [6.07, 6.45) is 5.22. The monoisotopic (exact) mass is 1630 g/mol. The second-order valence-corrected chi connectivity index (χ2v) is 29.6. The van der Waals surface area contributed by atoms with Crippen LogP contribution in [0.1, 0.15) is 63.8 Å². The van der Waals surface area contributed by atoms with E-state index >= 15 is 0 Å². The molecular weight excluding hydrogens is 1520 g/mol. The summed E-state index contributed by atoms with van der Waals surface area (Å²) in [5.74, 6) is 2.45. The molecule has 122 heavy (non-hydrogen) atoms. The Kier molecular flexibility index (Phi) is 31.4. The van der Waals surface area contributed by atoms with Gasteiger partial charge in [-0.05, 0) is 197 Å². The Hall–Kier alpha value is -13.2. The first kappa shape index (κ1) is 86.6. The number of anilines is 6. The van der Waals surface area contributed by atoms with Crippen LogP contribution in [0.2, 0.25) is 0 Å². The lowest BCUT2D eigenvalue weighted by molar-refractivity contribution is 0.0306. The normalized spacial score (nSPS) is 12.6. The fourth-order valence-corrected chi connectivity index (χ4v) is 14.5. The van der Waals surface area contributed by atoms with Gasteiger partial charge in [0.05, 0.1) is 73.8 Å². The maximum Gasteiger partial charge on any atom is 0.123 e. The molecule has 2 N–H and O–H groups in total. The van der Waals surface area contributed by atoms with Crippen LogP contribution in [-0.4, -0.2) is 162 Å². The lowest BCUT2D eigenvalue weighted by Crippen LogP contribution is -2.35. The van der Waals surface area contributed by atoms with Gasteiger partial charge in [0, 0.05) is 121 Å². The number of ether oxygens (including phenoxy) is 6. The smallest absolute Gasteiger partial charge is 0.123 e. The van der Waals surface area contributed by atoms with Gasteiger partial charge in [-0.1, -0.05) is 158 Å². The third kappa shape index (κ3) is 23.6. The Bertz CT molecular complexity index is 5340. The van der Waals surface area contributed by atoms with Gasteiger partial charge in [-0.3, -0.25) is 20.0 Å². The van der Waals surface area contributed by atoms with E-state index in [-0.39, 0.29) is 38.5 Å². The summed E-state index contributed by atoms with van der Waals surface area (Å²) in [6, 6.07) is 102. The molecule has 0 aliphatic rings. The SMILES string of the molecule is CCN(C)c1ccc(/C=N\N(CC(O)COc2cccc(OCC(O)CN(/N=C\c3ccc(N(C)CC)cc3)c3ccccc3)c2)c2ccccc2)cc1.CCOC(COc1cccc(OCC(CN(/N=C\c2ccc3c(c2)c2ccccc2n3CC)c2ccccc2)OCC)c1)CN(/N=C\c1ccc2c(c1)c1ccccc1n2CC)c1ccccc1. The number of hydrazone groups is 4. The predicted molar refractivity (Wildman–Crippen MR) is 504 cm³/mol. The van der Waals surface area contributed by atoms with Crippen molar-refractivity contribution in [2.45, 2.75) is 79.0 Å². The second-order valence-electron chi connectivity index (χ2n) is 29.6. The number of aliphatic hydroxyl groups is 2. The number of nitrogens with zero attached hydrogens (tertiary/aromatic N) is 12. The minimum Gasteiger partial charge on any atom is -0.491 e. The van der Waals surface area contributed by atoms with Crippen LogP contribution in [0.15, 0.2) is 324 Å². The fraction of sp³-hybridized carbons (Fsp3) is 0.255. The van der Waals surface area contributed by atoms with E-state index in [0.717, 1.165) is 82.6 Å². The molecule has 628 valence electrons. The molecule has 0 aliphatic heterocycles. The lowest BCUT2D eigenvalue weighted by Gasteiger charge is -2.26. The molecule has 12 aromatic carbocycles. The summed E-state index contributed by atoms with van der Waals surface area (Å²) < 4.78 is 42.1. The molecule has 0 spiro atoms. The Morgan fingerprint density at radius 2 is 0.590 bits per heavy atom. The highest BCUT2D eigenvalue weighted by molar-refractivity contribution is 6.10. The number of rotatable bonds is 42. The number of hydrogen-bond donors (Lipinski definition) is 2. The molecule has 0 bridgehead atoms. The quantitative estimate of drug-likeness (QED) is 0.0273. The average Bonchev–Trinajstić information content (AvgIpc) is 1.62. The number of para-hydroxylation sites is 6. The molecule has 2 heterocycles. The molecule has 4 atom stereocenters. The number of hydrogen-bond acceptors (Lipinski definition) is 18. The van der Waals surface area contributed by atoms with Gasteiger partial charge in [0.1, 0.15) is 73.8 Å². The van der Waals surface area contributed by atoms with Gasteiger partial charge >= 0.3 is 0 Å². The maximum atomic E-state index is 11.0. The van der Waals surface area contributed by atoms with Crippen LogP contribution in [0, 0.1) is 0 Å². The van der Waals surface area contributed by atoms with Gasteiger partial charge in [0.25, 0.3) is 0 Å². The third-order valence-corrected chi connectivity index (χ3v) is 21.1. The van der Waals surface area contributed by atoms with Crippen LogP contribution in [0.25, 0.3) is 43.6 Å². The predicted octanol–water partition coefficient (Wildman–Crippen LogP) is 19.8. The van der Waals surface area contributed by atoms with Gasteiger partial charge < -0.3 is 57.6 Å². The molecule has 14 aromatic rings. The van der Waals surface area contributed by atoms with E-state index in [1.807, 2.05) is 188 Å².